The number of hydrogen-bond donors (Lipinski definition) is 2. The molecule has 0 aliphatic heterocycles. The van der Waals surface area contributed by atoms with Crippen molar-refractivity contribution in [2.75, 3.05) is 0 Å². The third-order valence-electron chi connectivity index (χ3n) is 5.54. The van der Waals surface area contributed by atoms with Crippen molar-refractivity contribution in [2.24, 2.45) is 11.5 Å². The van der Waals surface area contributed by atoms with E-state index in [1.807, 2.05) is 72.8 Å². The van der Waals surface area contributed by atoms with Crippen LogP contribution in [0.1, 0.15) is 22.3 Å². The second-order valence-electron chi connectivity index (χ2n) is 7.08. The van der Waals surface area contributed by atoms with Crippen LogP contribution in [0.2, 0.25) is 0 Å². The van der Waals surface area contributed by atoms with Gasteiger partial charge in [0.2, 0.25) is 0 Å². The first-order valence-corrected chi connectivity index (χ1v) is 9.47. The quantitative estimate of drug-likeness (QED) is 0.535. The van der Waals surface area contributed by atoms with E-state index in [2.05, 4.69) is 48.5 Å². The van der Waals surface area contributed by atoms with E-state index < -0.39 is 11.1 Å². The minimum Gasteiger partial charge on any atom is -0.316 e. The molecule has 0 fully saturated rings. The van der Waals surface area contributed by atoms with Crippen molar-refractivity contribution < 1.29 is 0 Å². The molecule has 28 heavy (non-hydrogen) atoms. The SMILES string of the molecule is NC(c1ccccc1)(c1ccccc1)C(N)(c1ccccc1)c1ccccc1. The van der Waals surface area contributed by atoms with Crippen LogP contribution in [0, 0.1) is 0 Å². The Balaban J connectivity index is 2.09. The van der Waals surface area contributed by atoms with Crippen LogP contribution < -0.4 is 11.5 Å². The molecule has 0 amide bonds. The van der Waals surface area contributed by atoms with E-state index in [-0.39, 0.29) is 0 Å². The Morgan fingerprint density at radius 1 is 0.321 bits per heavy atom. The van der Waals surface area contributed by atoms with E-state index in [0.717, 1.165) is 22.3 Å². The van der Waals surface area contributed by atoms with Crippen molar-refractivity contribution in [1.29, 1.82) is 0 Å². The Morgan fingerprint density at radius 3 is 0.679 bits per heavy atom. The van der Waals surface area contributed by atoms with Gasteiger partial charge in [-0.1, -0.05) is 121 Å². The molecule has 0 saturated heterocycles. The van der Waals surface area contributed by atoms with Gasteiger partial charge < -0.3 is 11.5 Å². The van der Waals surface area contributed by atoms with Gasteiger partial charge in [0.1, 0.15) is 0 Å². The molecule has 0 aromatic heterocycles. The maximum absolute atomic E-state index is 7.36. The Bertz CT molecular complexity index is 847. The lowest BCUT2D eigenvalue weighted by Crippen LogP contribution is -2.62. The molecule has 4 N–H and O–H groups in total. The minimum absolute atomic E-state index is 0.969. The Kier molecular flexibility index (Phi) is 4.82. The van der Waals surface area contributed by atoms with Crippen LogP contribution >= 0.6 is 0 Å². The number of benzene rings is 4. The van der Waals surface area contributed by atoms with Crippen LogP contribution in [-0.4, -0.2) is 0 Å². The fraction of sp³-hybridized carbons (Fsp3) is 0.0769. The van der Waals surface area contributed by atoms with Gasteiger partial charge in [-0.3, -0.25) is 0 Å². The van der Waals surface area contributed by atoms with Crippen molar-refractivity contribution in [3.05, 3.63) is 144 Å². The van der Waals surface area contributed by atoms with Crippen molar-refractivity contribution in [2.45, 2.75) is 11.1 Å². The molecule has 0 aliphatic carbocycles. The van der Waals surface area contributed by atoms with Gasteiger partial charge in [-0.2, -0.15) is 0 Å². The smallest absolute Gasteiger partial charge is 0.0933 e. The zero-order valence-electron chi connectivity index (χ0n) is 15.7. The second kappa shape index (κ2) is 7.43. The summed E-state index contributed by atoms with van der Waals surface area (Å²) in [4.78, 5) is 0. The zero-order valence-corrected chi connectivity index (χ0v) is 15.7. The van der Waals surface area contributed by atoms with E-state index >= 15 is 0 Å². The molecule has 2 nitrogen and oxygen atoms in total. The van der Waals surface area contributed by atoms with Crippen molar-refractivity contribution in [3.8, 4) is 0 Å². The van der Waals surface area contributed by atoms with Gasteiger partial charge in [0, 0.05) is 0 Å². The maximum Gasteiger partial charge on any atom is 0.0933 e. The first-order chi connectivity index (χ1) is 13.7. The van der Waals surface area contributed by atoms with Crippen molar-refractivity contribution in [1.82, 2.24) is 0 Å². The Morgan fingerprint density at radius 2 is 0.500 bits per heavy atom. The van der Waals surface area contributed by atoms with Crippen LogP contribution in [0.25, 0.3) is 0 Å². The lowest BCUT2D eigenvalue weighted by Gasteiger charge is -2.47. The summed E-state index contributed by atoms with van der Waals surface area (Å²) in [5.74, 6) is 0. The molecule has 2 heteroatoms. The molecule has 0 bridgehead atoms. The topological polar surface area (TPSA) is 52.0 Å². The minimum atomic E-state index is -0.974. The Hall–Kier alpha value is -3.20. The van der Waals surface area contributed by atoms with Crippen molar-refractivity contribution in [3.63, 3.8) is 0 Å². The predicted molar refractivity (Wildman–Crippen MR) is 116 cm³/mol. The van der Waals surface area contributed by atoms with Gasteiger partial charge >= 0.3 is 0 Å². The van der Waals surface area contributed by atoms with E-state index in [4.69, 9.17) is 11.5 Å². The van der Waals surface area contributed by atoms with Gasteiger partial charge in [0.25, 0.3) is 0 Å². The van der Waals surface area contributed by atoms with Gasteiger partial charge in [0.05, 0.1) is 11.1 Å². The average Bonchev–Trinajstić information content (AvgIpc) is 2.80. The van der Waals surface area contributed by atoms with Crippen LogP contribution in [0.15, 0.2) is 121 Å². The molecule has 4 aromatic carbocycles. The molecule has 138 valence electrons. The molecular weight excluding hydrogens is 340 g/mol. The molecule has 4 aromatic rings. The maximum atomic E-state index is 7.36. The highest BCUT2D eigenvalue weighted by Crippen LogP contribution is 2.45. The molecule has 0 atom stereocenters. The van der Waals surface area contributed by atoms with Gasteiger partial charge in [-0.15, -0.1) is 0 Å². The van der Waals surface area contributed by atoms with Gasteiger partial charge in [-0.05, 0) is 22.3 Å². The normalized spacial score (nSPS) is 11.9. The highest BCUT2D eigenvalue weighted by Gasteiger charge is 2.50. The van der Waals surface area contributed by atoms with E-state index in [0.29, 0.717) is 0 Å². The summed E-state index contributed by atoms with van der Waals surface area (Å²) in [5.41, 5.74) is 16.6. The summed E-state index contributed by atoms with van der Waals surface area (Å²) < 4.78 is 0. The van der Waals surface area contributed by atoms with Crippen LogP contribution in [-0.2, 0) is 11.1 Å². The standard InChI is InChI=1S/C26H24N2/c27-25(21-13-5-1-6-14-21,22-15-7-2-8-16-22)26(28,23-17-9-3-10-18-23)24-19-11-4-12-20-24/h1-20H,27-28H2. The largest absolute Gasteiger partial charge is 0.316 e. The van der Waals surface area contributed by atoms with Gasteiger partial charge in [-0.25, -0.2) is 0 Å². The number of rotatable bonds is 5. The fourth-order valence-electron chi connectivity index (χ4n) is 4.05. The van der Waals surface area contributed by atoms with Gasteiger partial charge in [0.15, 0.2) is 0 Å². The monoisotopic (exact) mass is 364 g/mol. The average molecular weight is 364 g/mol. The summed E-state index contributed by atoms with van der Waals surface area (Å²) in [5, 5.41) is 0. The molecule has 0 radical (unpaired) electrons. The summed E-state index contributed by atoms with van der Waals surface area (Å²) >= 11 is 0. The second-order valence-corrected chi connectivity index (χ2v) is 7.08. The molecule has 0 heterocycles. The highest BCUT2D eigenvalue weighted by atomic mass is 14.9. The van der Waals surface area contributed by atoms with E-state index in [9.17, 15) is 0 Å². The third-order valence-corrected chi connectivity index (χ3v) is 5.54. The van der Waals surface area contributed by atoms with E-state index in [1.54, 1.807) is 0 Å². The number of nitrogens with two attached hydrogens (primary N) is 2. The summed E-state index contributed by atoms with van der Waals surface area (Å²) in [6.45, 7) is 0. The molecule has 0 aliphatic rings. The summed E-state index contributed by atoms with van der Waals surface area (Å²) in [6.07, 6.45) is 0. The van der Waals surface area contributed by atoms with Crippen LogP contribution in [0.4, 0.5) is 0 Å². The number of hydrogen-bond acceptors (Lipinski definition) is 2. The van der Waals surface area contributed by atoms with Crippen LogP contribution in [0.3, 0.4) is 0 Å². The van der Waals surface area contributed by atoms with Crippen molar-refractivity contribution >= 4 is 0 Å². The summed E-state index contributed by atoms with van der Waals surface area (Å²) in [7, 11) is 0. The molecule has 4 rings (SSSR count). The lowest BCUT2D eigenvalue weighted by atomic mass is 9.63. The third kappa shape index (κ3) is 2.84. The summed E-state index contributed by atoms with van der Waals surface area (Å²) in [6, 6.07) is 40.5. The molecule has 0 unspecified atom stereocenters. The predicted octanol–water partition coefficient (Wildman–Crippen LogP) is 4.79. The molecular formula is C26H24N2. The first kappa shape index (κ1) is 18.2. The highest BCUT2D eigenvalue weighted by molar-refractivity contribution is 5.53. The Labute approximate surface area is 166 Å². The molecule has 0 saturated carbocycles. The first-order valence-electron chi connectivity index (χ1n) is 9.47. The lowest BCUT2D eigenvalue weighted by molar-refractivity contribution is 0.323. The fourth-order valence-corrected chi connectivity index (χ4v) is 4.05. The van der Waals surface area contributed by atoms with E-state index in [1.165, 1.54) is 0 Å². The van der Waals surface area contributed by atoms with Crippen LogP contribution in [0.5, 0.6) is 0 Å². The zero-order chi connectivity index (χ0) is 19.5. The molecule has 0 spiro atoms.